The minimum atomic E-state index is -1.23. The van der Waals surface area contributed by atoms with Crippen molar-refractivity contribution in [2.75, 3.05) is 6.54 Å². The molecule has 1 fully saturated rings. The van der Waals surface area contributed by atoms with E-state index in [1.54, 1.807) is 54.6 Å². The maximum absolute atomic E-state index is 12.7. The number of aliphatic hydroxyl groups is 1. The van der Waals surface area contributed by atoms with Crippen LogP contribution in [-0.4, -0.2) is 34.2 Å². The standard InChI is InChI=1S/C21H18ClNO5/c22-15-10-8-13(9-11-15)18-17(19(26)14-5-2-1-3-6-14)20(27)21(28)23(18)12-4-7-16(24)25/h1-3,5-6,8-11,18,26H,4,7,12H2,(H,24,25)/p-1/t18-/m1/s1. The van der Waals surface area contributed by atoms with Crippen molar-refractivity contribution in [3.8, 4) is 0 Å². The Hall–Kier alpha value is -3.12. The fourth-order valence-corrected chi connectivity index (χ4v) is 3.37. The van der Waals surface area contributed by atoms with Gasteiger partial charge in [-0.3, -0.25) is 9.59 Å². The van der Waals surface area contributed by atoms with Gasteiger partial charge in [-0.2, -0.15) is 0 Å². The average Bonchev–Trinajstić information content (AvgIpc) is 2.93. The Labute approximate surface area is 166 Å². The fraction of sp³-hybridized carbons (Fsp3) is 0.190. The molecule has 1 aliphatic rings. The van der Waals surface area contributed by atoms with Crippen LogP contribution in [0.4, 0.5) is 0 Å². The Bertz CT molecular complexity index is 937. The van der Waals surface area contributed by atoms with Crippen LogP contribution in [0.15, 0.2) is 60.2 Å². The average molecular weight is 399 g/mol. The van der Waals surface area contributed by atoms with Crippen molar-refractivity contribution in [1.82, 2.24) is 4.90 Å². The van der Waals surface area contributed by atoms with Gasteiger partial charge in [0.25, 0.3) is 11.7 Å². The molecule has 0 unspecified atom stereocenters. The number of ketones is 1. The molecule has 1 amide bonds. The molecule has 1 N–H and O–H groups in total. The number of hydrogen-bond acceptors (Lipinski definition) is 5. The van der Waals surface area contributed by atoms with E-state index < -0.39 is 23.7 Å². The number of Topliss-reactive ketones (excluding diaryl/α,β-unsaturated/α-hetero) is 1. The minimum Gasteiger partial charge on any atom is -0.550 e. The number of carbonyl (C=O) groups excluding carboxylic acids is 3. The molecule has 0 saturated carbocycles. The van der Waals surface area contributed by atoms with Gasteiger partial charge in [0.05, 0.1) is 11.6 Å². The van der Waals surface area contributed by atoms with Crippen LogP contribution >= 0.6 is 11.6 Å². The van der Waals surface area contributed by atoms with E-state index in [1.165, 1.54) is 4.90 Å². The van der Waals surface area contributed by atoms with Gasteiger partial charge in [-0.05, 0) is 30.5 Å². The third kappa shape index (κ3) is 3.92. The maximum Gasteiger partial charge on any atom is 0.295 e. The molecule has 2 aromatic rings. The summed E-state index contributed by atoms with van der Waals surface area (Å²) in [5.74, 6) is -3.10. The smallest absolute Gasteiger partial charge is 0.295 e. The maximum atomic E-state index is 12.7. The first-order chi connectivity index (χ1) is 13.4. The highest BCUT2D eigenvalue weighted by atomic mass is 35.5. The number of nitrogens with zero attached hydrogens (tertiary/aromatic N) is 1. The number of carbonyl (C=O) groups is 3. The summed E-state index contributed by atoms with van der Waals surface area (Å²) >= 11 is 5.94. The van der Waals surface area contributed by atoms with Crippen molar-refractivity contribution in [3.63, 3.8) is 0 Å². The number of benzene rings is 2. The summed E-state index contributed by atoms with van der Waals surface area (Å²) in [4.78, 5) is 37.3. The molecule has 144 valence electrons. The van der Waals surface area contributed by atoms with E-state index in [-0.39, 0.29) is 30.7 Å². The largest absolute Gasteiger partial charge is 0.550 e. The number of rotatable bonds is 6. The topological polar surface area (TPSA) is 97.7 Å². The molecule has 2 aromatic carbocycles. The molecule has 1 aliphatic heterocycles. The highest BCUT2D eigenvalue weighted by Crippen LogP contribution is 2.39. The molecule has 6 nitrogen and oxygen atoms in total. The third-order valence-corrected chi connectivity index (χ3v) is 4.80. The van der Waals surface area contributed by atoms with Crippen molar-refractivity contribution < 1.29 is 24.6 Å². The molecule has 1 saturated heterocycles. The van der Waals surface area contributed by atoms with Crippen LogP contribution < -0.4 is 5.11 Å². The highest BCUT2D eigenvalue weighted by molar-refractivity contribution is 6.46. The molecule has 0 radical (unpaired) electrons. The monoisotopic (exact) mass is 398 g/mol. The number of amides is 1. The van der Waals surface area contributed by atoms with E-state index in [0.29, 0.717) is 16.1 Å². The van der Waals surface area contributed by atoms with Gasteiger partial charge < -0.3 is 19.9 Å². The zero-order chi connectivity index (χ0) is 20.3. The number of likely N-dealkylation sites (tertiary alicyclic amines) is 1. The molecule has 0 spiro atoms. The lowest BCUT2D eigenvalue weighted by atomic mass is 9.95. The number of hydrogen-bond donors (Lipinski definition) is 1. The summed E-state index contributed by atoms with van der Waals surface area (Å²) in [6.07, 6.45) is -0.111. The molecule has 0 aliphatic carbocycles. The van der Waals surface area contributed by atoms with Crippen molar-refractivity contribution in [3.05, 3.63) is 76.3 Å². The number of halogens is 1. The third-order valence-electron chi connectivity index (χ3n) is 4.55. The zero-order valence-electron chi connectivity index (χ0n) is 14.8. The fourth-order valence-electron chi connectivity index (χ4n) is 3.25. The predicted molar refractivity (Wildman–Crippen MR) is 101 cm³/mol. The van der Waals surface area contributed by atoms with E-state index in [0.717, 1.165) is 0 Å². The number of carboxylic acids is 1. The minimum absolute atomic E-state index is 0.0352. The summed E-state index contributed by atoms with van der Waals surface area (Å²) in [5, 5.41) is 22.0. The lowest BCUT2D eigenvalue weighted by Gasteiger charge is -2.25. The van der Waals surface area contributed by atoms with Crippen LogP contribution in [0, 0.1) is 0 Å². The number of carboxylic acid groups (broad SMARTS) is 1. The summed E-state index contributed by atoms with van der Waals surface area (Å²) in [6.45, 7) is 0.0391. The highest BCUT2D eigenvalue weighted by Gasteiger charge is 2.45. The van der Waals surface area contributed by atoms with Gasteiger partial charge in [-0.25, -0.2) is 0 Å². The predicted octanol–water partition coefficient (Wildman–Crippen LogP) is 2.29. The van der Waals surface area contributed by atoms with Crippen LogP contribution in [0.25, 0.3) is 5.76 Å². The normalized spacial score (nSPS) is 18.5. The Morgan fingerprint density at radius 3 is 2.32 bits per heavy atom. The molecule has 0 bridgehead atoms. The van der Waals surface area contributed by atoms with Gasteiger partial charge >= 0.3 is 0 Å². The van der Waals surface area contributed by atoms with Crippen LogP contribution in [0.3, 0.4) is 0 Å². The lowest BCUT2D eigenvalue weighted by Crippen LogP contribution is -2.32. The van der Waals surface area contributed by atoms with Crippen molar-refractivity contribution in [1.29, 1.82) is 0 Å². The molecule has 1 atom stereocenters. The van der Waals surface area contributed by atoms with Gasteiger partial charge in [-0.15, -0.1) is 0 Å². The Morgan fingerprint density at radius 1 is 1.07 bits per heavy atom. The first kappa shape index (κ1) is 19.6. The van der Waals surface area contributed by atoms with Gasteiger partial charge in [-0.1, -0.05) is 54.1 Å². The van der Waals surface area contributed by atoms with Gasteiger partial charge in [0.1, 0.15) is 5.76 Å². The molecule has 7 heteroatoms. The summed E-state index contributed by atoms with van der Waals surface area (Å²) in [5.41, 5.74) is 0.968. The molecular weight excluding hydrogens is 382 g/mol. The quantitative estimate of drug-likeness (QED) is 0.457. The van der Waals surface area contributed by atoms with E-state index in [1.807, 2.05) is 0 Å². The van der Waals surface area contributed by atoms with Gasteiger partial charge in [0, 0.05) is 23.1 Å². The summed E-state index contributed by atoms with van der Waals surface area (Å²) in [6, 6.07) is 14.2. The number of aliphatic carboxylic acids is 1. The van der Waals surface area contributed by atoms with E-state index >= 15 is 0 Å². The van der Waals surface area contributed by atoms with Gasteiger partial charge in [0.15, 0.2) is 0 Å². The SMILES string of the molecule is O=C([O-])CCCN1C(=O)C(=O)C(=C(O)c2ccccc2)[C@H]1c1ccc(Cl)cc1. The van der Waals surface area contributed by atoms with E-state index in [4.69, 9.17) is 11.6 Å². The first-order valence-corrected chi connectivity index (χ1v) is 9.07. The molecule has 0 aromatic heterocycles. The second-order valence-electron chi connectivity index (χ2n) is 6.39. The molecule has 3 rings (SSSR count). The lowest BCUT2D eigenvalue weighted by molar-refractivity contribution is -0.305. The molecule has 28 heavy (non-hydrogen) atoms. The zero-order valence-corrected chi connectivity index (χ0v) is 15.6. The van der Waals surface area contributed by atoms with Crippen molar-refractivity contribution in [2.24, 2.45) is 0 Å². The van der Waals surface area contributed by atoms with Crippen LogP contribution in [0.1, 0.15) is 30.0 Å². The van der Waals surface area contributed by atoms with E-state index in [2.05, 4.69) is 0 Å². The second kappa shape index (κ2) is 8.27. The Balaban J connectivity index is 2.08. The second-order valence-corrected chi connectivity index (χ2v) is 6.82. The first-order valence-electron chi connectivity index (χ1n) is 8.69. The van der Waals surface area contributed by atoms with Crippen molar-refractivity contribution >= 4 is 35.0 Å². The Kier molecular flexibility index (Phi) is 5.80. The van der Waals surface area contributed by atoms with Crippen molar-refractivity contribution in [2.45, 2.75) is 18.9 Å². The van der Waals surface area contributed by atoms with Crippen LogP contribution in [-0.2, 0) is 14.4 Å². The summed E-state index contributed by atoms with van der Waals surface area (Å²) < 4.78 is 0. The van der Waals surface area contributed by atoms with Crippen LogP contribution in [0.2, 0.25) is 5.02 Å². The van der Waals surface area contributed by atoms with E-state index in [9.17, 15) is 24.6 Å². The van der Waals surface area contributed by atoms with Gasteiger partial charge in [0.2, 0.25) is 0 Å². The number of aliphatic hydroxyl groups excluding tert-OH is 1. The van der Waals surface area contributed by atoms with Crippen LogP contribution in [0.5, 0.6) is 0 Å². The Morgan fingerprint density at radius 2 is 1.71 bits per heavy atom. The summed E-state index contributed by atoms with van der Waals surface area (Å²) in [7, 11) is 0. The molecule has 1 heterocycles. The molecular formula is C21H17ClNO5-.